The van der Waals surface area contributed by atoms with Crippen LogP contribution in [0.2, 0.25) is 0 Å². The predicted octanol–water partition coefficient (Wildman–Crippen LogP) is 2.32. The number of halogens is 1. The largest absolute Gasteiger partial charge is 0.366 e. The maximum atomic E-state index is 11.6. The highest BCUT2D eigenvalue weighted by Crippen LogP contribution is 2.20. The van der Waals surface area contributed by atoms with Crippen molar-refractivity contribution in [3.05, 3.63) is 18.3 Å². The van der Waals surface area contributed by atoms with Gasteiger partial charge in [-0.15, -0.1) is 0 Å². The molecule has 0 bridgehead atoms. The average molecular weight is 321 g/mol. The zero-order valence-electron chi connectivity index (χ0n) is 10.1. The lowest BCUT2D eigenvalue weighted by molar-refractivity contribution is 0.568. The maximum absolute atomic E-state index is 11.6. The maximum Gasteiger partial charge on any atom is 0.179 e. The Morgan fingerprint density at radius 1 is 1.47 bits per heavy atom. The summed E-state index contributed by atoms with van der Waals surface area (Å²) in [7, 11) is -3.25. The molecule has 1 N–H and O–H groups in total. The molecule has 2 unspecified atom stereocenters. The smallest absolute Gasteiger partial charge is 0.179 e. The van der Waals surface area contributed by atoms with Gasteiger partial charge in [0.15, 0.2) is 9.84 Å². The summed E-state index contributed by atoms with van der Waals surface area (Å²) in [6.45, 7) is 4.09. The summed E-state index contributed by atoms with van der Waals surface area (Å²) >= 11 is 3.41. The summed E-state index contributed by atoms with van der Waals surface area (Å²) in [5.74, 6) is 0.805. The lowest BCUT2D eigenvalue weighted by atomic mass is 10.1. The number of hydrogen-bond acceptors (Lipinski definition) is 4. The predicted molar refractivity (Wildman–Crippen MR) is 73.4 cm³/mol. The molecule has 0 radical (unpaired) electrons. The van der Waals surface area contributed by atoms with Crippen LogP contribution in [0.1, 0.15) is 13.8 Å². The van der Waals surface area contributed by atoms with E-state index in [1.807, 2.05) is 6.92 Å². The topological polar surface area (TPSA) is 59.1 Å². The van der Waals surface area contributed by atoms with Gasteiger partial charge in [0.25, 0.3) is 0 Å². The van der Waals surface area contributed by atoms with Gasteiger partial charge >= 0.3 is 0 Å². The van der Waals surface area contributed by atoms with E-state index < -0.39 is 9.84 Å². The molecular formula is C11H17BrN2O2S. The molecule has 1 heterocycles. The van der Waals surface area contributed by atoms with Gasteiger partial charge < -0.3 is 5.32 Å². The van der Waals surface area contributed by atoms with Crippen molar-refractivity contribution in [2.45, 2.75) is 24.8 Å². The Kier molecular flexibility index (Phi) is 4.94. The summed E-state index contributed by atoms with van der Waals surface area (Å²) in [5.41, 5.74) is 0. The van der Waals surface area contributed by atoms with E-state index in [0.29, 0.717) is 11.7 Å². The van der Waals surface area contributed by atoms with Crippen molar-refractivity contribution >= 4 is 31.6 Å². The Morgan fingerprint density at radius 3 is 2.65 bits per heavy atom. The van der Waals surface area contributed by atoms with E-state index in [-0.39, 0.29) is 10.9 Å². The summed E-state index contributed by atoms with van der Waals surface area (Å²) in [6.07, 6.45) is 2.77. The number of pyridine rings is 1. The molecular weight excluding hydrogens is 304 g/mol. The average Bonchev–Trinajstić information content (AvgIpc) is 2.27. The van der Waals surface area contributed by atoms with Crippen LogP contribution in [0.15, 0.2) is 23.2 Å². The molecule has 17 heavy (non-hydrogen) atoms. The fourth-order valence-corrected chi connectivity index (χ4v) is 2.64. The van der Waals surface area contributed by atoms with Crippen LogP contribution < -0.4 is 5.32 Å². The van der Waals surface area contributed by atoms with E-state index in [1.165, 1.54) is 6.26 Å². The number of rotatable bonds is 5. The molecule has 1 aromatic heterocycles. The monoisotopic (exact) mass is 320 g/mol. The quantitative estimate of drug-likeness (QED) is 0.846. The van der Waals surface area contributed by atoms with E-state index in [9.17, 15) is 8.42 Å². The molecule has 0 aliphatic rings. The van der Waals surface area contributed by atoms with Gasteiger partial charge in [0, 0.05) is 23.8 Å². The molecule has 0 amide bonds. The van der Waals surface area contributed by atoms with E-state index in [0.717, 1.165) is 5.33 Å². The van der Waals surface area contributed by atoms with Crippen LogP contribution >= 0.6 is 15.9 Å². The molecule has 0 saturated heterocycles. The lowest BCUT2D eigenvalue weighted by Gasteiger charge is -2.21. The molecule has 4 nitrogen and oxygen atoms in total. The number of aromatic nitrogens is 1. The Balaban J connectivity index is 3.00. The number of hydrogen-bond donors (Lipinski definition) is 1. The minimum atomic E-state index is -3.25. The second-order valence-electron chi connectivity index (χ2n) is 4.19. The summed E-state index contributed by atoms with van der Waals surface area (Å²) in [5, 5.41) is 4.00. The van der Waals surface area contributed by atoms with Gasteiger partial charge in [-0.3, -0.25) is 0 Å². The van der Waals surface area contributed by atoms with Gasteiger partial charge in [-0.05, 0) is 25.0 Å². The van der Waals surface area contributed by atoms with E-state index in [2.05, 4.69) is 33.2 Å². The molecule has 0 aliphatic carbocycles. The van der Waals surface area contributed by atoms with E-state index >= 15 is 0 Å². The molecule has 0 fully saturated rings. The van der Waals surface area contributed by atoms with Crippen LogP contribution in [0, 0.1) is 5.92 Å². The van der Waals surface area contributed by atoms with Gasteiger partial charge in [-0.2, -0.15) is 0 Å². The van der Waals surface area contributed by atoms with Gasteiger partial charge in [0.05, 0.1) is 0 Å². The molecule has 0 aromatic carbocycles. The van der Waals surface area contributed by atoms with Gasteiger partial charge in [-0.25, -0.2) is 13.4 Å². The van der Waals surface area contributed by atoms with Crippen molar-refractivity contribution in [2.24, 2.45) is 5.92 Å². The summed E-state index contributed by atoms with van der Waals surface area (Å²) < 4.78 is 23.2. The second kappa shape index (κ2) is 5.82. The zero-order chi connectivity index (χ0) is 13.1. The van der Waals surface area contributed by atoms with Crippen molar-refractivity contribution in [2.75, 3.05) is 16.9 Å². The summed E-state index contributed by atoms with van der Waals surface area (Å²) in [4.78, 5) is 4.34. The van der Waals surface area contributed by atoms with Crippen LogP contribution in [0.3, 0.4) is 0 Å². The molecule has 1 rings (SSSR count). The lowest BCUT2D eigenvalue weighted by Crippen LogP contribution is -2.26. The van der Waals surface area contributed by atoms with Gasteiger partial charge in [-0.1, -0.05) is 22.9 Å². The van der Waals surface area contributed by atoms with E-state index in [4.69, 9.17) is 0 Å². The third kappa shape index (κ3) is 3.96. The number of nitrogens with zero attached hydrogens (tertiary/aromatic N) is 1. The molecule has 6 heteroatoms. The normalized spacial score (nSPS) is 15.3. The van der Waals surface area contributed by atoms with Gasteiger partial charge in [0.1, 0.15) is 10.7 Å². The standard InChI is InChI=1S/C11H17BrN2O2S/c1-8(7-12)9(2)14-11-10(17(3,15)16)5-4-6-13-11/h4-6,8-9H,7H2,1-3H3,(H,13,14). The van der Waals surface area contributed by atoms with Crippen LogP contribution in [0.5, 0.6) is 0 Å². The highest BCUT2D eigenvalue weighted by Gasteiger charge is 2.17. The van der Waals surface area contributed by atoms with Gasteiger partial charge in [0.2, 0.25) is 0 Å². The number of alkyl halides is 1. The Bertz CT molecular complexity index is 476. The second-order valence-corrected chi connectivity index (χ2v) is 6.82. The van der Waals surface area contributed by atoms with Crippen molar-refractivity contribution in [3.8, 4) is 0 Å². The SMILES string of the molecule is CC(CBr)C(C)Nc1ncccc1S(C)(=O)=O. The van der Waals surface area contributed by atoms with Crippen molar-refractivity contribution in [1.29, 1.82) is 0 Å². The minimum Gasteiger partial charge on any atom is -0.366 e. The molecule has 0 spiro atoms. The van der Waals surface area contributed by atoms with Crippen molar-refractivity contribution in [1.82, 2.24) is 4.98 Å². The number of nitrogens with one attached hydrogen (secondary N) is 1. The van der Waals surface area contributed by atoms with Crippen LogP contribution in [-0.2, 0) is 9.84 Å². The highest BCUT2D eigenvalue weighted by atomic mass is 79.9. The third-order valence-corrected chi connectivity index (χ3v) is 4.78. The molecule has 0 saturated carbocycles. The van der Waals surface area contributed by atoms with E-state index in [1.54, 1.807) is 18.3 Å². The fourth-order valence-electron chi connectivity index (χ4n) is 1.29. The molecule has 2 atom stereocenters. The Morgan fingerprint density at radius 2 is 2.12 bits per heavy atom. The number of sulfone groups is 1. The molecule has 96 valence electrons. The van der Waals surface area contributed by atoms with Crippen LogP contribution in [0.4, 0.5) is 5.82 Å². The van der Waals surface area contributed by atoms with Crippen molar-refractivity contribution < 1.29 is 8.42 Å². The first-order chi connectivity index (χ1) is 7.86. The first-order valence-electron chi connectivity index (χ1n) is 5.34. The third-order valence-electron chi connectivity index (χ3n) is 2.63. The first kappa shape index (κ1) is 14.4. The van der Waals surface area contributed by atoms with Crippen molar-refractivity contribution in [3.63, 3.8) is 0 Å². The minimum absolute atomic E-state index is 0.143. The Labute approximate surface area is 111 Å². The fraction of sp³-hybridized carbons (Fsp3) is 0.545. The molecule has 0 aliphatic heterocycles. The van der Waals surface area contributed by atoms with Crippen LogP contribution in [-0.4, -0.2) is 31.0 Å². The number of anilines is 1. The summed E-state index contributed by atoms with van der Waals surface area (Å²) in [6, 6.07) is 3.33. The molecule has 1 aromatic rings. The Hall–Kier alpha value is -0.620. The first-order valence-corrected chi connectivity index (χ1v) is 8.35. The highest BCUT2D eigenvalue weighted by molar-refractivity contribution is 9.09. The van der Waals surface area contributed by atoms with Crippen LogP contribution in [0.25, 0.3) is 0 Å². The zero-order valence-corrected chi connectivity index (χ0v) is 12.5.